The van der Waals surface area contributed by atoms with Gasteiger partial charge in [-0.15, -0.1) is 0 Å². The highest BCUT2D eigenvalue weighted by Crippen LogP contribution is 2.12. The van der Waals surface area contributed by atoms with Gasteiger partial charge in [-0.3, -0.25) is 20.4 Å². The minimum absolute atomic E-state index is 0.0320. The van der Waals surface area contributed by atoms with Crippen LogP contribution in [0.4, 0.5) is 0 Å². The predicted molar refractivity (Wildman–Crippen MR) is 44.5 cm³/mol. The Morgan fingerprint density at radius 2 is 1.86 bits per heavy atom. The number of nitrogens with one attached hydrogen (secondary N) is 2. The molecule has 1 rings (SSSR count). The quantitative estimate of drug-likeness (QED) is 0.252. The average molecular weight is 199 g/mol. The molecule has 0 saturated carbocycles. The van der Waals surface area contributed by atoms with E-state index in [0.29, 0.717) is 0 Å². The Morgan fingerprint density at radius 1 is 1.29 bits per heavy atom. The number of aromatic nitrogens is 1. The van der Waals surface area contributed by atoms with Crippen molar-refractivity contribution < 1.29 is 14.1 Å². The van der Waals surface area contributed by atoms with Crippen LogP contribution in [0, 0.1) is 6.92 Å². The van der Waals surface area contributed by atoms with Gasteiger partial charge in [-0.25, -0.2) is 11.7 Å². The number of carbonyl (C=O) groups excluding carboxylic acids is 2. The van der Waals surface area contributed by atoms with Gasteiger partial charge in [0.1, 0.15) is 11.3 Å². The van der Waals surface area contributed by atoms with Crippen molar-refractivity contribution in [3.8, 4) is 0 Å². The van der Waals surface area contributed by atoms with Gasteiger partial charge in [-0.2, -0.15) is 0 Å². The molecule has 0 aliphatic rings. The lowest BCUT2D eigenvalue weighted by atomic mass is 10.2. The Morgan fingerprint density at radius 3 is 2.36 bits per heavy atom. The summed E-state index contributed by atoms with van der Waals surface area (Å²) in [7, 11) is 0. The lowest BCUT2D eigenvalue weighted by Crippen LogP contribution is -2.35. The van der Waals surface area contributed by atoms with Gasteiger partial charge >= 0.3 is 0 Å². The summed E-state index contributed by atoms with van der Waals surface area (Å²) in [5.74, 6) is 8.59. The fourth-order valence-electron chi connectivity index (χ4n) is 0.935. The number of nitrogens with zero attached hydrogens (tertiary/aromatic N) is 1. The van der Waals surface area contributed by atoms with Crippen molar-refractivity contribution in [3.63, 3.8) is 0 Å². The zero-order valence-corrected chi connectivity index (χ0v) is 7.33. The van der Waals surface area contributed by atoms with Crippen molar-refractivity contribution in [2.75, 3.05) is 0 Å². The minimum Gasteiger partial charge on any atom is -0.360 e. The summed E-state index contributed by atoms with van der Waals surface area (Å²) in [4.78, 5) is 22.3. The maximum absolute atomic E-state index is 11.2. The summed E-state index contributed by atoms with van der Waals surface area (Å²) >= 11 is 0. The van der Waals surface area contributed by atoms with Crippen LogP contribution in [0.3, 0.4) is 0 Å². The fraction of sp³-hybridized carbons (Fsp3) is 0.167. The smallest absolute Gasteiger partial charge is 0.288 e. The molecule has 0 fully saturated rings. The molecule has 0 unspecified atom stereocenters. The first-order valence-corrected chi connectivity index (χ1v) is 3.60. The second-order valence-electron chi connectivity index (χ2n) is 2.41. The fourth-order valence-corrected chi connectivity index (χ4v) is 0.935. The number of nitrogen functional groups attached to an aromatic ring is 2. The highest BCUT2D eigenvalue weighted by molar-refractivity contribution is 6.06. The van der Waals surface area contributed by atoms with Gasteiger partial charge in [0.25, 0.3) is 11.8 Å². The van der Waals surface area contributed by atoms with E-state index >= 15 is 0 Å². The van der Waals surface area contributed by atoms with Crippen LogP contribution in [0.5, 0.6) is 0 Å². The Balaban J connectivity index is 3.19. The molecular weight excluding hydrogens is 190 g/mol. The van der Waals surface area contributed by atoms with E-state index in [1.54, 1.807) is 0 Å². The van der Waals surface area contributed by atoms with Crippen molar-refractivity contribution in [3.05, 3.63) is 17.0 Å². The Labute approximate surface area is 78.5 Å². The van der Waals surface area contributed by atoms with E-state index in [-0.39, 0.29) is 17.0 Å². The normalized spacial score (nSPS) is 9.64. The van der Waals surface area contributed by atoms with Crippen LogP contribution >= 0.6 is 0 Å². The molecule has 0 spiro atoms. The van der Waals surface area contributed by atoms with Gasteiger partial charge < -0.3 is 4.52 Å². The molecule has 0 bridgehead atoms. The van der Waals surface area contributed by atoms with Gasteiger partial charge in [-0.05, 0) is 6.92 Å². The third kappa shape index (κ3) is 1.56. The summed E-state index contributed by atoms with van der Waals surface area (Å²) in [5, 5.41) is 3.37. The summed E-state index contributed by atoms with van der Waals surface area (Å²) in [6, 6.07) is 0. The van der Waals surface area contributed by atoms with Crippen LogP contribution < -0.4 is 22.5 Å². The second kappa shape index (κ2) is 3.85. The van der Waals surface area contributed by atoms with Gasteiger partial charge in [0.2, 0.25) is 0 Å². The van der Waals surface area contributed by atoms with Crippen LogP contribution in [-0.2, 0) is 0 Å². The van der Waals surface area contributed by atoms with E-state index < -0.39 is 11.8 Å². The molecule has 0 saturated heterocycles. The van der Waals surface area contributed by atoms with Crippen LogP contribution in [-0.4, -0.2) is 17.0 Å². The van der Waals surface area contributed by atoms with E-state index in [1.165, 1.54) is 6.92 Å². The number of carbonyl (C=O) groups is 2. The molecule has 1 aromatic heterocycles. The molecule has 8 heteroatoms. The van der Waals surface area contributed by atoms with Crippen molar-refractivity contribution in [2.45, 2.75) is 6.92 Å². The Kier molecular flexibility index (Phi) is 2.79. The molecule has 6 N–H and O–H groups in total. The Hall–Kier alpha value is -1.93. The standard InChI is InChI=1S/C6H9N5O3/c1-2-3(5(12)9-7)4(11-14-2)6(13)10-8/h7-8H2,1H3,(H,9,12)(H,10,13). The van der Waals surface area contributed by atoms with Gasteiger partial charge in [0.15, 0.2) is 5.69 Å². The SMILES string of the molecule is Cc1onc(C(=O)NN)c1C(=O)NN. The molecule has 2 amide bonds. The second-order valence-corrected chi connectivity index (χ2v) is 2.41. The monoisotopic (exact) mass is 199 g/mol. The Bertz CT molecular complexity index is 372. The molecule has 14 heavy (non-hydrogen) atoms. The maximum Gasteiger partial charge on any atom is 0.288 e. The molecule has 0 radical (unpaired) electrons. The van der Waals surface area contributed by atoms with E-state index in [9.17, 15) is 9.59 Å². The summed E-state index contributed by atoms with van der Waals surface area (Å²) in [6.07, 6.45) is 0. The predicted octanol–water partition coefficient (Wildman–Crippen LogP) is -1.81. The number of rotatable bonds is 2. The number of hydrogen-bond acceptors (Lipinski definition) is 6. The molecule has 0 aliphatic heterocycles. The molecule has 0 aromatic carbocycles. The van der Waals surface area contributed by atoms with Crippen molar-refractivity contribution >= 4 is 11.8 Å². The lowest BCUT2D eigenvalue weighted by molar-refractivity contribution is 0.0916. The van der Waals surface area contributed by atoms with Crippen LogP contribution in [0.25, 0.3) is 0 Å². The summed E-state index contributed by atoms with van der Waals surface area (Å²) in [5.41, 5.74) is 3.47. The summed E-state index contributed by atoms with van der Waals surface area (Å²) in [6.45, 7) is 1.48. The number of hydrazine groups is 2. The molecule has 76 valence electrons. The highest BCUT2D eigenvalue weighted by Gasteiger charge is 2.24. The van der Waals surface area contributed by atoms with Crippen LogP contribution in [0.2, 0.25) is 0 Å². The van der Waals surface area contributed by atoms with Gasteiger partial charge in [0, 0.05) is 0 Å². The number of amides is 2. The minimum atomic E-state index is -0.722. The third-order valence-electron chi connectivity index (χ3n) is 1.57. The molecule has 1 aromatic rings. The highest BCUT2D eigenvalue weighted by atomic mass is 16.5. The zero-order chi connectivity index (χ0) is 10.7. The van der Waals surface area contributed by atoms with Crippen molar-refractivity contribution in [1.29, 1.82) is 0 Å². The number of aryl methyl sites for hydroxylation is 1. The number of nitrogens with two attached hydrogens (primary N) is 2. The molecule has 1 heterocycles. The van der Waals surface area contributed by atoms with Crippen molar-refractivity contribution in [2.24, 2.45) is 11.7 Å². The first kappa shape index (κ1) is 10.2. The zero-order valence-electron chi connectivity index (χ0n) is 7.33. The maximum atomic E-state index is 11.2. The van der Waals surface area contributed by atoms with E-state index in [4.69, 9.17) is 11.7 Å². The number of hydrogen-bond donors (Lipinski definition) is 4. The molecular formula is C6H9N5O3. The van der Waals surface area contributed by atoms with Crippen LogP contribution in [0.15, 0.2) is 4.52 Å². The first-order chi connectivity index (χ1) is 6.61. The largest absolute Gasteiger partial charge is 0.360 e. The average Bonchev–Trinajstić information content (AvgIpc) is 2.58. The third-order valence-corrected chi connectivity index (χ3v) is 1.57. The summed E-state index contributed by atoms with van der Waals surface area (Å²) < 4.78 is 4.66. The topological polar surface area (TPSA) is 136 Å². The molecule has 0 aliphatic carbocycles. The lowest BCUT2D eigenvalue weighted by Gasteiger charge is -1.98. The molecule has 8 nitrogen and oxygen atoms in total. The van der Waals surface area contributed by atoms with E-state index in [1.807, 2.05) is 10.9 Å². The van der Waals surface area contributed by atoms with Crippen molar-refractivity contribution in [1.82, 2.24) is 16.0 Å². The van der Waals surface area contributed by atoms with E-state index in [0.717, 1.165) is 0 Å². The van der Waals surface area contributed by atoms with Gasteiger partial charge in [-0.1, -0.05) is 5.16 Å². The van der Waals surface area contributed by atoms with Crippen LogP contribution in [0.1, 0.15) is 26.6 Å². The van der Waals surface area contributed by atoms with E-state index in [2.05, 4.69) is 9.68 Å². The first-order valence-electron chi connectivity index (χ1n) is 3.60. The van der Waals surface area contributed by atoms with Gasteiger partial charge in [0.05, 0.1) is 0 Å². The molecule has 0 atom stereocenters.